The van der Waals surface area contributed by atoms with E-state index in [1.54, 1.807) is 0 Å². The van der Waals surface area contributed by atoms with Crippen molar-refractivity contribution in [2.45, 2.75) is 37.9 Å². The van der Waals surface area contributed by atoms with Crippen LogP contribution in [0.4, 0.5) is 4.39 Å². The van der Waals surface area contributed by atoms with Gasteiger partial charge in [0.05, 0.1) is 23.9 Å². The molecular formula is C24H24FNO5P+. The second-order valence-electron chi connectivity index (χ2n) is 7.64. The summed E-state index contributed by atoms with van der Waals surface area (Å²) in [7, 11) is -2.98. The maximum atomic E-state index is 13.6. The number of para-hydroxylation sites is 1. The molecule has 0 saturated heterocycles. The largest absolute Gasteiger partial charge is 0.516 e. The van der Waals surface area contributed by atoms with Gasteiger partial charge >= 0.3 is 14.0 Å². The molecule has 0 aliphatic heterocycles. The van der Waals surface area contributed by atoms with Gasteiger partial charge in [-0.3, -0.25) is 4.79 Å². The van der Waals surface area contributed by atoms with Gasteiger partial charge in [-0.05, 0) is 46.4 Å². The van der Waals surface area contributed by atoms with Crippen molar-refractivity contribution < 1.29 is 28.5 Å². The molecule has 6 nitrogen and oxygen atoms in total. The number of aliphatic hydroxyl groups excluding tert-OH is 1. The number of hydrogen-bond donors (Lipinski definition) is 2. The van der Waals surface area contributed by atoms with Crippen molar-refractivity contribution in [3.8, 4) is 11.3 Å². The van der Waals surface area contributed by atoms with Crippen molar-refractivity contribution in [3.63, 3.8) is 0 Å². The van der Waals surface area contributed by atoms with Crippen molar-refractivity contribution >= 4 is 24.9 Å². The number of carbonyl (C=O) groups excluding carboxylic acids is 1. The van der Waals surface area contributed by atoms with Gasteiger partial charge in [0.1, 0.15) is 11.9 Å². The highest BCUT2D eigenvalue weighted by Gasteiger charge is 2.44. The number of halogens is 1. The maximum Gasteiger partial charge on any atom is 0.516 e. The Morgan fingerprint density at radius 2 is 1.84 bits per heavy atom. The summed E-state index contributed by atoms with van der Waals surface area (Å²) in [6, 6.07) is 13.0. The molecule has 0 saturated carbocycles. The Kier molecular flexibility index (Phi) is 7.46. The monoisotopic (exact) mass is 456 g/mol. The first kappa shape index (κ1) is 23.7. The van der Waals surface area contributed by atoms with E-state index in [9.17, 15) is 23.7 Å². The van der Waals surface area contributed by atoms with E-state index in [2.05, 4.69) is 11.3 Å². The van der Waals surface area contributed by atoms with Gasteiger partial charge in [0, 0.05) is 16.5 Å². The van der Waals surface area contributed by atoms with Gasteiger partial charge in [-0.1, -0.05) is 38.6 Å². The van der Waals surface area contributed by atoms with Crippen molar-refractivity contribution in [2.75, 3.05) is 0 Å². The number of aliphatic hydroxyl groups is 1. The van der Waals surface area contributed by atoms with Crippen LogP contribution >= 0.6 is 8.03 Å². The number of nitrogens with zero attached hydrogens (tertiary/aromatic N) is 1. The molecule has 1 heterocycles. The molecule has 2 aromatic carbocycles. The fourth-order valence-electron chi connectivity index (χ4n) is 3.87. The fraction of sp³-hybridized carbons (Fsp3) is 0.250. The predicted molar refractivity (Wildman–Crippen MR) is 121 cm³/mol. The third kappa shape index (κ3) is 4.91. The molecule has 8 heteroatoms. The number of esters is 1. The number of ether oxygens (including phenoxy) is 1. The number of benzene rings is 2. The summed E-state index contributed by atoms with van der Waals surface area (Å²) in [5.41, 5.74) is 1.30. The van der Waals surface area contributed by atoms with E-state index >= 15 is 0 Å². The topological polar surface area (TPSA) is 96.7 Å². The summed E-state index contributed by atoms with van der Waals surface area (Å²) in [5.74, 6) is -1.32. The molecule has 3 aromatic rings. The molecule has 3 atom stereocenters. The maximum absolute atomic E-state index is 13.6. The third-order valence-electron chi connectivity index (χ3n) is 5.16. The van der Waals surface area contributed by atoms with Crippen molar-refractivity contribution in [2.24, 2.45) is 0 Å². The van der Waals surface area contributed by atoms with Crippen LogP contribution in [0, 0.1) is 5.82 Å². The van der Waals surface area contributed by atoms with Crippen LogP contribution in [0.1, 0.15) is 43.0 Å². The summed E-state index contributed by atoms with van der Waals surface area (Å²) >= 11 is 0. The molecule has 3 rings (SSSR count). The Bertz CT molecular complexity index is 1160. The zero-order chi connectivity index (χ0) is 23.4. The minimum atomic E-state index is -2.98. The highest BCUT2D eigenvalue weighted by molar-refractivity contribution is 7.38. The zero-order valence-electron chi connectivity index (χ0n) is 17.7. The molecule has 2 N–H and O–H groups in total. The number of rotatable bonds is 8. The normalized spacial score (nSPS) is 13.6. The standard InChI is InChI=1S/C24H23FNO5P/c1-4-31-20(28)13-19(27)24(32(29)30)22-21(14(2)3)17-7-5-6-8-18(17)26-23(22)15-9-11-16(25)12-10-15/h4-12,14,19,24,27H,1,13H2,2-3H3/p+1. The number of carbonyl (C=O) groups is 1. The van der Waals surface area contributed by atoms with Crippen LogP contribution in [-0.4, -0.2) is 27.1 Å². The number of hydrogen-bond acceptors (Lipinski definition) is 5. The molecule has 0 fully saturated rings. The Balaban J connectivity index is 2.34. The smallest absolute Gasteiger partial charge is 0.435 e. The Morgan fingerprint density at radius 1 is 1.19 bits per heavy atom. The SMILES string of the molecule is C=COC(=O)CC(O)C(c1c(-c2ccc(F)cc2)nc2ccccc2c1C(C)C)[P+](=O)O. The molecule has 32 heavy (non-hydrogen) atoms. The Morgan fingerprint density at radius 3 is 2.44 bits per heavy atom. The first-order chi connectivity index (χ1) is 15.2. The van der Waals surface area contributed by atoms with Gasteiger partial charge in [-0.2, -0.15) is 4.89 Å². The summed E-state index contributed by atoms with van der Waals surface area (Å²) in [6.07, 6.45) is -1.09. The van der Waals surface area contributed by atoms with E-state index < -0.39 is 38.0 Å². The van der Waals surface area contributed by atoms with Crippen LogP contribution in [0.15, 0.2) is 61.4 Å². The van der Waals surface area contributed by atoms with Crippen LogP contribution in [0.25, 0.3) is 22.2 Å². The quantitative estimate of drug-likeness (QED) is 0.268. The average Bonchev–Trinajstić information content (AvgIpc) is 2.73. The molecule has 3 unspecified atom stereocenters. The summed E-state index contributed by atoms with van der Waals surface area (Å²) in [6.45, 7) is 7.17. The lowest BCUT2D eigenvalue weighted by Gasteiger charge is -2.23. The van der Waals surface area contributed by atoms with Crippen molar-refractivity contribution in [3.05, 3.63) is 78.3 Å². The number of aromatic nitrogens is 1. The van der Waals surface area contributed by atoms with E-state index in [1.807, 2.05) is 38.1 Å². The molecule has 0 aliphatic rings. The van der Waals surface area contributed by atoms with Crippen molar-refractivity contribution in [1.29, 1.82) is 0 Å². The van der Waals surface area contributed by atoms with Crippen LogP contribution in [0.3, 0.4) is 0 Å². The first-order valence-electron chi connectivity index (χ1n) is 10.1. The summed E-state index contributed by atoms with van der Waals surface area (Å²) in [5, 5.41) is 11.6. The van der Waals surface area contributed by atoms with Gasteiger partial charge in [-0.15, -0.1) is 0 Å². The van der Waals surface area contributed by atoms with E-state index in [0.717, 1.165) is 17.2 Å². The number of fused-ring (bicyclic) bond motifs is 1. The lowest BCUT2D eigenvalue weighted by atomic mass is 9.86. The minimum absolute atomic E-state index is 0.109. The van der Waals surface area contributed by atoms with Gasteiger partial charge in [0.25, 0.3) is 0 Å². The van der Waals surface area contributed by atoms with Gasteiger partial charge in [0.15, 0.2) is 0 Å². The van der Waals surface area contributed by atoms with E-state index in [1.165, 1.54) is 24.3 Å². The van der Waals surface area contributed by atoms with Gasteiger partial charge < -0.3 is 9.84 Å². The van der Waals surface area contributed by atoms with Gasteiger partial charge in [-0.25, -0.2) is 9.37 Å². The van der Waals surface area contributed by atoms with Crippen LogP contribution in [-0.2, 0) is 14.1 Å². The first-order valence-corrected chi connectivity index (χ1v) is 11.3. The van der Waals surface area contributed by atoms with Crippen molar-refractivity contribution in [1.82, 2.24) is 4.98 Å². The second kappa shape index (κ2) is 10.1. The molecule has 0 radical (unpaired) electrons. The molecular weight excluding hydrogens is 432 g/mol. The lowest BCUT2D eigenvalue weighted by molar-refractivity contribution is -0.140. The van der Waals surface area contributed by atoms with E-state index in [-0.39, 0.29) is 5.92 Å². The zero-order valence-corrected chi connectivity index (χ0v) is 18.6. The Labute approximate surface area is 186 Å². The summed E-state index contributed by atoms with van der Waals surface area (Å²) in [4.78, 5) is 26.9. The molecule has 0 aliphatic carbocycles. The van der Waals surface area contributed by atoms with Crippen LogP contribution < -0.4 is 0 Å². The van der Waals surface area contributed by atoms with Crippen LogP contribution in [0.5, 0.6) is 0 Å². The third-order valence-corrected chi connectivity index (χ3v) is 6.23. The van der Waals surface area contributed by atoms with Crippen LogP contribution in [0.2, 0.25) is 0 Å². The summed E-state index contributed by atoms with van der Waals surface area (Å²) < 4.78 is 30.8. The highest BCUT2D eigenvalue weighted by Crippen LogP contribution is 2.49. The number of pyridine rings is 1. The van der Waals surface area contributed by atoms with E-state index in [4.69, 9.17) is 4.98 Å². The highest BCUT2D eigenvalue weighted by atomic mass is 31.1. The average molecular weight is 456 g/mol. The Hall–Kier alpha value is -2.99. The molecule has 166 valence electrons. The van der Waals surface area contributed by atoms with E-state index in [0.29, 0.717) is 22.3 Å². The molecule has 0 bridgehead atoms. The molecule has 0 spiro atoms. The predicted octanol–water partition coefficient (Wildman–Crippen LogP) is 5.38. The second-order valence-corrected chi connectivity index (χ2v) is 8.80. The molecule has 0 amide bonds. The fourth-order valence-corrected chi connectivity index (χ4v) is 4.76. The minimum Gasteiger partial charge on any atom is -0.435 e. The van der Waals surface area contributed by atoms with Gasteiger partial charge in [0.2, 0.25) is 5.66 Å². The lowest BCUT2D eigenvalue weighted by Crippen LogP contribution is -2.23. The molecule has 1 aromatic heterocycles.